The zero-order valence-electron chi connectivity index (χ0n) is 8.96. The normalized spacial score (nSPS) is 17.7. The molecule has 0 nitrogen and oxygen atoms in total. The van der Waals surface area contributed by atoms with Crippen molar-refractivity contribution in [2.45, 2.75) is 33.6 Å². The van der Waals surface area contributed by atoms with Gasteiger partial charge < -0.3 is 0 Å². The molecule has 72 valence electrons. The maximum Gasteiger partial charge on any atom is 0 e. The first-order valence-corrected chi connectivity index (χ1v) is 5.07. The molecule has 1 aliphatic rings. The topological polar surface area (TPSA) is 0 Å². The Hall–Kier alpha value is -1.04. The largest absolute Gasteiger partial charge is 0.0767 e. The highest BCUT2D eigenvalue weighted by Crippen LogP contribution is 2.30. The van der Waals surface area contributed by atoms with Crippen LogP contribution >= 0.6 is 0 Å². The van der Waals surface area contributed by atoms with E-state index in [0.717, 1.165) is 0 Å². The fraction of sp³-hybridized carbons (Fsp3) is 0.385. The van der Waals surface area contributed by atoms with E-state index in [1.807, 2.05) is 13.8 Å². The van der Waals surface area contributed by atoms with Crippen molar-refractivity contribution < 1.29 is 1.43 Å². The third kappa shape index (κ3) is 1.82. The number of allylic oxidation sites excluding steroid dienone is 1. The van der Waals surface area contributed by atoms with Crippen LogP contribution in [0.5, 0.6) is 0 Å². The molecule has 0 spiro atoms. The van der Waals surface area contributed by atoms with Crippen LogP contribution in [0.3, 0.4) is 0 Å². The molecule has 0 fully saturated rings. The van der Waals surface area contributed by atoms with Crippen molar-refractivity contribution in [2.24, 2.45) is 0 Å². The average Bonchev–Trinajstić information content (AvgIpc) is 2.53. The van der Waals surface area contributed by atoms with Gasteiger partial charge in [-0.1, -0.05) is 51.1 Å². The van der Waals surface area contributed by atoms with Crippen LogP contribution in [0.15, 0.2) is 24.3 Å². The van der Waals surface area contributed by atoms with E-state index in [2.05, 4.69) is 44.2 Å². The van der Waals surface area contributed by atoms with Gasteiger partial charge in [0, 0.05) is 1.43 Å². The van der Waals surface area contributed by atoms with Gasteiger partial charge in [0.2, 0.25) is 0 Å². The first-order valence-electron chi connectivity index (χ1n) is 5.07. The molecule has 1 aromatic carbocycles. The molecule has 0 saturated carbocycles. The summed E-state index contributed by atoms with van der Waals surface area (Å²) >= 11 is 0. The predicted molar refractivity (Wildman–Crippen MR) is 62.1 cm³/mol. The Morgan fingerprint density at radius 2 is 1.92 bits per heavy atom. The lowest BCUT2D eigenvalue weighted by molar-refractivity contribution is 0.987. The molecular formula is C13H20. The van der Waals surface area contributed by atoms with Crippen molar-refractivity contribution in [3.8, 4) is 0 Å². The number of fused-ring (bicyclic) bond motifs is 1. The molecule has 0 aliphatic heterocycles. The summed E-state index contributed by atoms with van der Waals surface area (Å²) in [4.78, 5) is 0. The molecule has 1 aliphatic carbocycles. The third-order valence-corrected chi connectivity index (χ3v) is 2.40. The minimum atomic E-state index is 0. The molecule has 0 amide bonds. The van der Waals surface area contributed by atoms with Crippen LogP contribution in [-0.4, -0.2) is 0 Å². The smallest absolute Gasteiger partial charge is 0 e. The molecule has 0 heterocycles. The molecule has 1 aromatic rings. The average molecular weight is 176 g/mol. The highest BCUT2D eigenvalue weighted by Gasteiger charge is 2.12. The van der Waals surface area contributed by atoms with Crippen LogP contribution in [0, 0.1) is 6.92 Å². The summed E-state index contributed by atoms with van der Waals surface area (Å²) in [6, 6.07) is 6.52. The van der Waals surface area contributed by atoms with Gasteiger partial charge in [-0.05, 0) is 29.5 Å². The Balaban J connectivity index is 0.000000531. The summed E-state index contributed by atoms with van der Waals surface area (Å²) in [5, 5.41) is 0. The zero-order chi connectivity index (χ0) is 9.84. The highest BCUT2D eigenvalue weighted by molar-refractivity contribution is 5.65. The van der Waals surface area contributed by atoms with Crippen molar-refractivity contribution >= 4 is 6.08 Å². The Labute approximate surface area is 82.8 Å². The van der Waals surface area contributed by atoms with Crippen molar-refractivity contribution in [2.75, 3.05) is 0 Å². The zero-order valence-corrected chi connectivity index (χ0v) is 8.96. The first kappa shape index (κ1) is 10.0. The molecule has 1 atom stereocenters. The van der Waals surface area contributed by atoms with Crippen LogP contribution in [0.1, 0.15) is 44.8 Å². The predicted octanol–water partition coefficient (Wildman–Crippen LogP) is 4.40. The van der Waals surface area contributed by atoms with E-state index < -0.39 is 0 Å². The number of aryl methyl sites for hydroxylation is 1. The molecule has 0 bridgehead atoms. The van der Waals surface area contributed by atoms with Gasteiger partial charge >= 0.3 is 0 Å². The van der Waals surface area contributed by atoms with Gasteiger partial charge in [0.05, 0.1) is 0 Å². The summed E-state index contributed by atoms with van der Waals surface area (Å²) in [5.74, 6) is 0.616. The van der Waals surface area contributed by atoms with Gasteiger partial charge in [0.1, 0.15) is 0 Å². The molecule has 13 heavy (non-hydrogen) atoms. The summed E-state index contributed by atoms with van der Waals surface area (Å²) in [6.07, 6.45) is 4.49. The van der Waals surface area contributed by atoms with E-state index in [1.165, 1.54) is 16.7 Å². The van der Waals surface area contributed by atoms with Gasteiger partial charge in [-0.2, -0.15) is 0 Å². The Morgan fingerprint density at radius 3 is 2.54 bits per heavy atom. The second-order valence-corrected chi connectivity index (χ2v) is 3.23. The maximum atomic E-state index is 2.26. The summed E-state index contributed by atoms with van der Waals surface area (Å²) in [7, 11) is 0. The van der Waals surface area contributed by atoms with Crippen molar-refractivity contribution in [1.82, 2.24) is 0 Å². The number of rotatable bonds is 0. The number of hydrogen-bond acceptors (Lipinski definition) is 0. The second-order valence-electron chi connectivity index (χ2n) is 3.23. The summed E-state index contributed by atoms with van der Waals surface area (Å²) in [6.45, 7) is 8.41. The molecule has 0 saturated heterocycles. The van der Waals surface area contributed by atoms with Crippen molar-refractivity contribution in [1.29, 1.82) is 0 Å². The molecular weight excluding hydrogens is 156 g/mol. The Bertz CT molecular complexity index is 313. The molecule has 1 unspecified atom stereocenters. The molecule has 0 radical (unpaired) electrons. The Kier molecular flexibility index (Phi) is 3.30. The Morgan fingerprint density at radius 1 is 1.23 bits per heavy atom. The molecule has 0 N–H and O–H groups in total. The highest BCUT2D eigenvalue weighted by atomic mass is 14.2. The standard InChI is InChI=1S/C11H12.C2H6.H2/c1-8-4-3-5-10-9(2)6-7-11(8)10;1-2;/h3-7,9H,1-2H3;1-2H3;1H. The van der Waals surface area contributed by atoms with Gasteiger partial charge in [-0.3, -0.25) is 0 Å². The summed E-state index contributed by atoms with van der Waals surface area (Å²) in [5.41, 5.74) is 4.30. The van der Waals surface area contributed by atoms with E-state index in [1.54, 1.807) is 0 Å². The third-order valence-electron chi connectivity index (χ3n) is 2.40. The van der Waals surface area contributed by atoms with Crippen molar-refractivity contribution in [3.05, 3.63) is 41.0 Å². The van der Waals surface area contributed by atoms with Crippen molar-refractivity contribution in [3.63, 3.8) is 0 Å². The fourth-order valence-corrected chi connectivity index (χ4v) is 1.67. The van der Waals surface area contributed by atoms with Crippen LogP contribution in [-0.2, 0) is 0 Å². The van der Waals surface area contributed by atoms with E-state index >= 15 is 0 Å². The fourth-order valence-electron chi connectivity index (χ4n) is 1.67. The lowest BCUT2D eigenvalue weighted by Gasteiger charge is -2.05. The van der Waals surface area contributed by atoms with Gasteiger partial charge in [0.15, 0.2) is 0 Å². The van der Waals surface area contributed by atoms with E-state index in [9.17, 15) is 0 Å². The van der Waals surface area contributed by atoms with E-state index in [-0.39, 0.29) is 1.43 Å². The minimum absolute atomic E-state index is 0. The lowest BCUT2D eigenvalue weighted by atomic mass is 10.00. The number of benzene rings is 1. The van der Waals surface area contributed by atoms with Gasteiger partial charge in [-0.25, -0.2) is 0 Å². The number of hydrogen-bond donors (Lipinski definition) is 0. The van der Waals surface area contributed by atoms with Crippen LogP contribution in [0.25, 0.3) is 6.08 Å². The summed E-state index contributed by atoms with van der Waals surface area (Å²) < 4.78 is 0. The van der Waals surface area contributed by atoms with Gasteiger partial charge in [-0.15, -0.1) is 0 Å². The monoisotopic (exact) mass is 176 g/mol. The second kappa shape index (κ2) is 4.27. The SMILES string of the molecule is CC.Cc1cccc2c1C=CC2C.[HH]. The first-order chi connectivity index (χ1) is 6.29. The quantitative estimate of drug-likeness (QED) is 0.549. The molecule has 0 heteroatoms. The van der Waals surface area contributed by atoms with Crippen LogP contribution in [0.4, 0.5) is 0 Å². The minimum Gasteiger partial charge on any atom is -0.0767 e. The van der Waals surface area contributed by atoms with Gasteiger partial charge in [0.25, 0.3) is 0 Å². The van der Waals surface area contributed by atoms with Crippen LogP contribution in [0.2, 0.25) is 0 Å². The van der Waals surface area contributed by atoms with E-state index in [4.69, 9.17) is 0 Å². The molecule has 2 rings (SSSR count). The molecule has 0 aromatic heterocycles. The lowest BCUT2D eigenvalue weighted by Crippen LogP contribution is -1.88. The van der Waals surface area contributed by atoms with Crippen LogP contribution < -0.4 is 0 Å². The van der Waals surface area contributed by atoms with E-state index in [0.29, 0.717) is 5.92 Å². The maximum absolute atomic E-state index is 2.26.